The molecule has 1 aliphatic heterocycles. The summed E-state index contributed by atoms with van der Waals surface area (Å²) in [6, 6.07) is 8.39. The minimum Gasteiger partial charge on any atom is -0.487 e. The van der Waals surface area contributed by atoms with Crippen LogP contribution in [0.2, 0.25) is 10.0 Å². The molecule has 8 nitrogen and oxygen atoms in total. The lowest BCUT2D eigenvalue weighted by atomic mass is 9.92. The van der Waals surface area contributed by atoms with Gasteiger partial charge < -0.3 is 19.8 Å². The van der Waals surface area contributed by atoms with E-state index < -0.39 is 47.8 Å². The van der Waals surface area contributed by atoms with Crippen molar-refractivity contribution >= 4 is 52.5 Å². The first-order valence-corrected chi connectivity index (χ1v) is 10.8. The van der Waals surface area contributed by atoms with Crippen molar-refractivity contribution in [2.75, 3.05) is 11.4 Å². The molecular formula is C23H16Cl2FNO7. The number of carboxylic acids is 2. The van der Waals surface area contributed by atoms with Gasteiger partial charge in [0, 0.05) is 22.4 Å². The molecule has 2 aliphatic rings. The quantitative estimate of drug-likeness (QED) is 0.610. The molecule has 0 saturated heterocycles. The van der Waals surface area contributed by atoms with Crippen LogP contribution in [0.4, 0.5) is 10.1 Å². The fraction of sp³-hybridized carbons (Fsp3) is 0.217. The van der Waals surface area contributed by atoms with Crippen LogP contribution in [0.3, 0.4) is 0 Å². The van der Waals surface area contributed by atoms with E-state index in [1.807, 2.05) is 0 Å². The fourth-order valence-electron chi connectivity index (χ4n) is 4.15. The van der Waals surface area contributed by atoms with Gasteiger partial charge in [-0.2, -0.15) is 0 Å². The number of carboxylic acid groups (broad SMARTS) is 2. The number of anilines is 1. The van der Waals surface area contributed by atoms with Gasteiger partial charge in [0.15, 0.2) is 5.78 Å². The second kappa shape index (κ2) is 9.08. The minimum absolute atomic E-state index is 0.0506. The Morgan fingerprint density at radius 2 is 1.71 bits per heavy atom. The van der Waals surface area contributed by atoms with Gasteiger partial charge in [0.2, 0.25) is 0 Å². The van der Waals surface area contributed by atoms with Crippen molar-refractivity contribution in [3.63, 3.8) is 0 Å². The van der Waals surface area contributed by atoms with Crippen molar-refractivity contribution in [2.24, 2.45) is 11.8 Å². The number of halogens is 3. The maximum absolute atomic E-state index is 14.0. The molecule has 2 aromatic rings. The van der Waals surface area contributed by atoms with Gasteiger partial charge in [-0.1, -0.05) is 29.3 Å². The number of amides is 1. The van der Waals surface area contributed by atoms with Crippen LogP contribution in [-0.4, -0.2) is 40.4 Å². The Morgan fingerprint density at radius 3 is 2.32 bits per heavy atom. The first-order chi connectivity index (χ1) is 16.1. The number of ketones is 1. The zero-order valence-electron chi connectivity index (χ0n) is 17.3. The predicted molar refractivity (Wildman–Crippen MR) is 118 cm³/mol. The summed E-state index contributed by atoms with van der Waals surface area (Å²) in [4.78, 5) is 50.2. The number of benzene rings is 2. The fourth-order valence-corrected chi connectivity index (χ4v) is 4.60. The molecular weight excluding hydrogens is 492 g/mol. The third-order valence-corrected chi connectivity index (χ3v) is 6.44. The summed E-state index contributed by atoms with van der Waals surface area (Å²) < 4.78 is 19.5. The number of nitrogens with zero attached hydrogens (tertiary/aromatic N) is 1. The van der Waals surface area contributed by atoms with Crippen LogP contribution in [0.15, 0.2) is 47.5 Å². The van der Waals surface area contributed by atoms with Gasteiger partial charge in [0.1, 0.15) is 18.2 Å². The van der Waals surface area contributed by atoms with Crippen LogP contribution >= 0.6 is 23.2 Å². The normalized spacial score (nSPS) is 19.9. The minimum atomic E-state index is -1.40. The van der Waals surface area contributed by atoms with Gasteiger partial charge in [0.25, 0.3) is 5.91 Å². The first-order valence-electron chi connectivity index (χ1n) is 10.00. The zero-order valence-corrected chi connectivity index (χ0v) is 18.8. The SMILES string of the molecule is O=C1CN(c2ccc(OCc3c(F)cccc3Cl)c(Cl)c2)C(=O)C2=C1C(C(=O)O)CC2C(=O)O. The summed E-state index contributed by atoms with van der Waals surface area (Å²) in [6.07, 6.45) is -0.368. The van der Waals surface area contributed by atoms with E-state index in [4.69, 9.17) is 27.9 Å². The molecule has 0 radical (unpaired) electrons. The molecule has 34 heavy (non-hydrogen) atoms. The van der Waals surface area contributed by atoms with E-state index in [0.717, 1.165) is 4.90 Å². The van der Waals surface area contributed by atoms with Crippen LogP contribution in [0.1, 0.15) is 12.0 Å². The third kappa shape index (κ3) is 4.12. The number of carbonyl (C=O) groups excluding carboxylic acids is 2. The molecule has 2 N–H and O–H groups in total. The van der Waals surface area contributed by atoms with E-state index in [1.54, 1.807) is 0 Å². The topological polar surface area (TPSA) is 121 Å². The molecule has 2 atom stereocenters. The van der Waals surface area contributed by atoms with Crippen molar-refractivity contribution in [2.45, 2.75) is 13.0 Å². The van der Waals surface area contributed by atoms with Gasteiger partial charge in [0.05, 0.1) is 28.4 Å². The number of carbonyl (C=O) groups is 4. The van der Waals surface area contributed by atoms with Crippen LogP contribution in [0.25, 0.3) is 0 Å². The number of hydrogen-bond acceptors (Lipinski definition) is 5. The van der Waals surface area contributed by atoms with Crippen LogP contribution in [0, 0.1) is 17.7 Å². The smallest absolute Gasteiger partial charge is 0.311 e. The Kier molecular flexibility index (Phi) is 6.33. The van der Waals surface area contributed by atoms with Gasteiger partial charge in [-0.25, -0.2) is 4.39 Å². The standard InChI is InChI=1S/C23H16Cl2FNO7/c24-14-2-1-3-16(26)13(14)9-34-18-5-4-10(6-15(18)25)27-8-17(28)19-11(22(30)31)7-12(23(32)33)20(19)21(27)29/h1-6,11-12H,7-9H2,(H,30,31)(H,32,33). The number of rotatable bonds is 6. The Balaban J connectivity index is 1.61. The van der Waals surface area contributed by atoms with E-state index >= 15 is 0 Å². The molecule has 0 fully saturated rings. The van der Waals surface area contributed by atoms with E-state index in [-0.39, 0.29) is 51.2 Å². The van der Waals surface area contributed by atoms with Gasteiger partial charge in [-0.05, 0) is 36.8 Å². The number of aliphatic carboxylic acids is 2. The van der Waals surface area contributed by atoms with Crippen molar-refractivity contribution in [3.8, 4) is 5.75 Å². The van der Waals surface area contributed by atoms with E-state index in [9.17, 15) is 33.8 Å². The predicted octanol–water partition coefficient (Wildman–Crippen LogP) is 3.73. The molecule has 0 spiro atoms. The van der Waals surface area contributed by atoms with E-state index in [0.29, 0.717) is 0 Å². The Hall–Kier alpha value is -3.43. The van der Waals surface area contributed by atoms with Crippen molar-refractivity contribution < 1.29 is 38.5 Å². The van der Waals surface area contributed by atoms with Gasteiger partial charge in [-0.15, -0.1) is 0 Å². The second-order valence-electron chi connectivity index (χ2n) is 7.76. The highest BCUT2D eigenvalue weighted by Gasteiger charge is 2.50. The van der Waals surface area contributed by atoms with E-state index in [1.165, 1.54) is 36.4 Å². The zero-order chi connectivity index (χ0) is 24.7. The summed E-state index contributed by atoms with van der Waals surface area (Å²) in [7, 11) is 0. The Labute approximate surface area is 202 Å². The Bertz CT molecular complexity index is 1260. The van der Waals surface area contributed by atoms with Crippen LogP contribution in [-0.2, 0) is 25.8 Å². The summed E-state index contributed by atoms with van der Waals surface area (Å²) in [6.45, 7) is -0.673. The largest absolute Gasteiger partial charge is 0.487 e. The molecule has 2 aromatic carbocycles. The number of ether oxygens (including phenoxy) is 1. The average molecular weight is 508 g/mol. The monoisotopic (exact) mass is 507 g/mol. The van der Waals surface area contributed by atoms with Crippen LogP contribution in [0.5, 0.6) is 5.75 Å². The molecule has 0 aromatic heterocycles. The number of Topliss-reactive ketones (excluding diaryl/α,β-unsaturated/α-hetero) is 1. The highest BCUT2D eigenvalue weighted by Crippen LogP contribution is 2.42. The molecule has 1 heterocycles. The summed E-state index contributed by atoms with van der Waals surface area (Å²) >= 11 is 12.3. The highest BCUT2D eigenvalue weighted by molar-refractivity contribution is 6.32. The summed E-state index contributed by atoms with van der Waals surface area (Å²) in [5.74, 6) is -7.29. The van der Waals surface area contributed by atoms with E-state index in [2.05, 4.69) is 0 Å². The maximum Gasteiger partial charge on any atom is 0.311 e. The molecule has 1 amide bonds. The van der Waals surface area contributed by atoms with Crippen molar-refractivity contribution in [1.82, 2.24) is 0 Å². The van der Waals surface area contributed by atoms with Crippen LogP contribution < -0.4 is 9.64 Å². The lowest BCUT2D eigenvalue weighted by Gasteiger charge is -2.29. The molecule has 1 aliphatic carbocycles. The van der Waals surface area contributed by atoms with Crippen molar-refractivity contribution in [1.29, 1.82) is 0 Å². The molecule has 4 rings (SSSR count). The summed E-state index contributed by atoms with van der Waals surface area (Å²) in [5, 5.41) is 19.1. The van der Waals surface area contributed by atoms with Gasteiger partial charge in [-0.3, -0.25) is 19.2 Å². The number of hydrogen-bond donors (Lipinski definition) is 2. The van der Waals surface area contributed by atoms with Crippen molar-refractivity contribution in [3.05, 3.63) is 69.0 Å². The molecule has 0 saturated carbocycles. The average Bonchev–Trinajstić information content (AvgIpc) is 3.19. The molecule has 0 bridgehead atoms. The molecule has 176 valence electrons. The third-order valence-electron chi connectivity index (χ3n) is 5.79. The lowest BCUT2D eigenvalue weighted by Crippen LogP contribution is -2.44. The lowest BCUT2D eigenvalue weighted by molar-refractivity contribution is -0.143. The first kappa shape index (κ1) is 23.7. The summed E-state index contributed by atoms with van der Waals surface area (Å²) in [5.41, 5.74) is -0.251. The molecule has 11 heteroatoms. The maximum atomic E-state index is 14.0. The Morgan fingerprint density at radius 1 is 1.03 bits per heavy atom. The highest BCUT2D eigenvalue weighted by atomic mass is 35.5. The van der Waals surface area contributed by atoms with Gasteiger partial charge >= 0.3 is 11.9 Å². The second-order valence-corrected chi connectivity index (χ2v) is 8.58. The molecule has 2 unspecified atom stereocenters.